The monoisotopic (exact) mass is 308 g/mol. The summed E-state index contributed by atoms with van der Waals surface area (Å²) in [5.74, 6) is -1.17. The van der Waals surface area contributed by atoms with Crippen LogP contribution in [-0.2, 0) is 16.8 Å². The first-order chi connectivity index (χ1) is 9.80. The van der Waals surface area contributed by atoms with Gasteiger partial charge in [-0.2, -0.15) is 0 Å². The molecule has 1 aromatic heterocycles. The number of aromatic nitrogens is 1. The molecule has 0 spiro atoms. The molecule has 1 aromatic carbocycles. The third-order valence-corrected chi connectivity index (χ3v) is 4.28. The van der Waals surface area contributed by atoms with Gasteiger partial charge >= 0.3 is 5.97 Å². The topological polar surface area (TPSA) is 53.4 Å². The lowest BCUT2D eigenvalue weighted by atomic mass is 9.90. The van der Waals surface area contributed by atoms with E-state index in [4.69, 9.17) is 0 Å². The van der Waals surface area contributed by atoms with E-state index in [2.05, 4.69) is 4.98 Å². The third-order valence-electron chi connectivity index (χ3n) is 3.33. The van der Waals surface area contributed by atoms with Gasteiger partial charge in [0.05, 0.1) is 5.69 Å². The van der Waals surface area contributed by atoms with Crippen molar-refractivity contribution in [1.82, 2.24) is 4.98 Å². The molecule has 112 valence electrons. The molecule has 1 heterocycles. The van der Waals surface area contributed by atoms with E-state index >= 15 is 0 Å². The van der Waals surface area contributed by atoms with Gasteiger partial charge in [0.2, 0.25) is 0 Å². The van der Waals surface area contributed by atoms with Crippen LogP contribution in [0.1, 0.15) is 25.1 Å². The molecule has 1 N–H and O–H groups in total. The lowest BCUT2D eigenvalue weighted by Crippen LogP contribution is -2.29. The molecular formula is C15H17FN2O2S. The van der Waals surface area contributed by atoms with Gasteiger partial charge in [-0.25, -0.2) is 9.37 Å². The zero-order chi connectivity index (χ0) is 15.6. The Morgan fingerprint density at radius 1 is 1.38 bits per heavy atom. The van der Waals surface area contributed by atoms with Gasteiger partial charge in [0.25, 0.3) is 0 Å². The molecule has 0 unspecified atom stereocenters. The second-order valence-electron chi connectivity index (χ2n) is 5.43. The predicted octanol–water partition coefficient (Wildman–Crippen LogP) is 3.28. The van der Waals surface area contributed by atoms with Gasteiger partial charge in [-0.3, -0.25) is 4.79 Å². The lowest BCUT2D eigenvalue weighted by Gasteiger charge is -2.18. The van der Waals surface area contributed by atoms with Crippen LogP contribution >= 0.6 is 11.3 Å². The number of hydrogen-bond donors (Lipinski definition) is 1. The van der Waals surface area contributed by atoms with E-state index in [0.717, 1.165) is 10.7 Å². The summed E-state index contributed by atoms with van der Waals surface area (Å²) >= 11 is 1.40. The molecule has 0 saturated heterocycles. The molecule has 0 bridgehead atoms. The molecule has 4 nitrogen and oxygen atoms in total. The summed E-state index contributed by atoms with van der Waals surface area (Å²) in [6.45, 7) is 3.85. The van der Waals surface area contributed by atoms with Gasteiger partial charge in [0.1, 0.15) is 11.2 Å². The molecule has 2 aromatic rings. The smallest absolute Gasteiger partial charge is 0.315 e. The Labute approximate surface area is 126 Å². The van der Waals surface area contributed by atoms with Crippen LogP contribution in [0.3, 0.4) is 0 Å². The van der Waals surface area contributed by atoms with Crippen LogP contribution < -0.4 is 4.90 Å². The first-order valence-electron chi connectivity index (χ1n) is 6.45. The van der Waals surface area contributed by atoms with Crippen molar-refractivity contribution in [1.29, 1.82) is 0 Å². The summed E-state index contributed by atoms with van der Waals surface area (Å²) in [6.07, 6.45) is 0. The number of carbonyl (C=O) groups is 1. The predicted molar refractivity (Wildman–Crippen MR) is 81.3 cm³/mol. The van der Waals surface area contributed by atoms with E-state index in [1.54, 1.807) is 31.4 Å². The van der Waals surface area contributed by atoms with E-state index in [9.17, 15) is 14.3 Å². The van der Waals surface area contributed by atoms with E-state index in [0.29, 0.717) is 12.2 Å². The Morgan fingerprint density at radius 3 is 2.57 bits per heavy atom. The Morgan fingerprint density at radius 2 is 2.00 bits per heavy atom. The van der Waals surface area contributed by atoms with Crippen molar-refractivity contribution in [2.24, 2.45) is 0 Å². The summed E-state index contributed by atoms with van der Waals surface area (Å²) in [5.41, 5.74) is 0.500. The summed E-state index contributed by atoms with van der Waals surface area (Å²) < 4.78 is 12.9. The fraction of sp³-hybridized carbons (Fsp3) is 0.333. The number of hydrogen-bond acceptors (Lipinski definition) is 4. The van der Waals surface area contributed by atoms with Gasteiger partial charge in [0, 0.05) is 19.0 Å². The molecule has 0 aliphatic rings. The van der Waals surface area contributed by atoms with E-state index in [1.807, 2.05) is 11.9 Å². The minimum Gasteiger partial charge on any atom is -0.481 e. The van der Waals surface area contributed by atoms with Crippen LogP contribution in [0.4, 0.5) is 9.52 Å². The summed E-state index contributed by atoms with van der Waals surface area (Å²) in [6, 6.07) is 6.29. The van der Waals surface area contributed by atoms with Crippen molar-refractivity contribution in [3.8, 4) is 0 Å². The maximum absolute atomic E-state index is 12.9. The molecule has 0 radical (unpaired) electrons. The van der Waals surface area contributed by atoms with Crippen molar-refractivity contribution in [2.45, 2.75) is 25.8 Å². The Bertz CT molecular complexity index is 637. The molecule has 0 atom stereocenters. The number of nitrogens with zero attached hydrogens (tertiary/aromatic N) is 2. The van der Waals surface area contributed by atoms with Crippen molar-refractivity contribution >= 4 is 22.4 Å². The lowest BCUT2D eigenvalue weighted by molar-refractivity contribution is -0.142. The van der Waals surface area contributed by atoms with Gasteiger partial charge < -0.3 is 10.0 Å². The number of anilines is 1. The van der Waals surface area contributed by atoms with Gasteiger partial charge in [0.15, 0.2) is 5.13 Å². The van der Waals surface area contributed by atoms with Crippen molar-refractivity contribution in [2.75, 3.05) is 11.9 Å². The molecular weight excluding hydrogens is 291 g/mol. The standard InChI is InChI=1S/C15H17FN2O2S/c1-15(2,13(19)20)12-9-21-14(17-12)18(3)8-10-4-6-11(16)7-5-10/h4-7,9H,8H2,1-3H3,(H,19,20). The minimum atomic E-state index is -1.01. The van der Waals surface area contributed by atoms with Crippen LogP contribution in [0.15, 0.2) is 29.6 Å². The largest absolute Gasteiger partial charge is 0.481 e. The first-order valence-corrected chi connectivity index (χ1v) is 7.33. The Hall–Kier alpha value is -1.95. The fourth-order valence-electron chi connectivity index (χ4n) is 1.77. The first kappa shape index (κ1) is 15.4. The minimum absolute atomic E-state index is 0.263. The molecule has 0 fully saturated rings. The highest BCUT2D eigenvalue weighted by molar-refractivity contribution is 7.13. The second-order valence-corrected chi connectivity index (χ2v) is 6.26. The second kappa shape index (κ2) is 5.81. The Kier molecular flexibility index (Phi) is 4.27. The number of benzene rings is 1. The summed E-state index contributed by atoms with van der Waals surface area (Å²) in [5, 5.41) is 11.7. The van der Waals surface area contributed by atoms with Crippen LogP contribution in [0.5, 0.6) is 0 Å². The molecule has 6 heteroatoms. The van der Waals surface area contributed by atoms with Crippen LogP contribution in [0.25, 0.3) is 0 Å². The van der Waals surface area contributed by atoms with Crippen LogP contribution in [-0.4, -0.2) is 23.1 Å². The highest BCUT2D eigenvalue weighted by Gasteiger charge is 2.32. The quantitative estimate of drug-likeness (QED) is 0.921. The van der Waals surface area contributed by atoms with Crippen molar-refractivity contribution < 1.29 is 14.3 Å². The molecule has 0 aliphatic carbocycles. The molecule has 2 rings (SSSR count). The summed E-state index contributed by atoms with van der Waals surface area (Å²) in [4.78, 5) is 17.6. The number of carboxylic acid groups (broad SMARTS) is 1. The van der Waals surface area contributed by atoms with E-state index in [-0.39, 0.29) is 5.82 Å². The normalized spacial score (nSPS) is 11.4. The zero-order valence-electron chi connectivity index (χ0n) is 12.1. The average molecular weight is 308 g/mol. The molecule has 21 heavy (non-hydrogen) atoms. The van der Waals surface area contributed by atoms with Gasteiger partial charge in [-0.15, -0.1) is 11.3 Å². The molecule has 0 amide bonds. The molecule has 0 saturated carbocycles. The highest BCUT2D eigenvalue weighted by Crippen LogP contribution is 2.29. The zero-order valence-corrected chi connectivity index (χ0v) is 12.9. The number of aliphatic carboxylic acids is 1. The SMILES string of the molecule is CN(Cc1ccc(F)cc1)c1nc(C(C)(C)C(=O)O)cs1. The van der Waals surface area contributed by atoms with E-state index in [1.165, 1.54) is 23.5 Å². The molecule has 0 aliphatic heterocycles. The van der Waals surface area contributed by atoms with Crippen LogP contribution in [0, 0.1) is 5.82 Å². The third kappa shape index (κ3) is 3.39. The van der Waals surface area contributed by atoms with Gasteiger partial charge in [-0.1, -0.05) is 12.1 Å². The van der Waals surface area contributed by atoms with Gasteiger partial charge in [-0.05, 0) is 31.5 Å². The average Bonchev–Trinajstić information content (AvgIpc) is 2.91. The fourth-order valence-corrected chi connectivity index (χ4v) is 2.73. The number of halogens is 1. The number of carboxylic acids is 1. The van der Waals surface area contributed by atoms with Crippen LogP contribution in [0.2, 0.25) is 0 Å². The summed E-state index contributed by atoms with van der Waals surface area (Å²) in [7, 11) is 1.87. The highest BCUT2D eigenvalue weighted by atomic mass is 32.1. The van der Waals surface area contributed by atoms with Crippen molar-refractivity contribution in [3.05, 3.63) is 46.7 Å². The maximum atomic E-state index is 12.9. The van der Waals surface area contributed by atoms with E-state index < -0.39 is 11.4 Å². The number of rotatable bonds is 5. The maximum Gasteiger partial charge on any atom is 0.315 e. The number of thiazole rings is 1. The Balaban J connectivity index is 2.14. The van der Waals surface area contributed by atoms with Crippen molar-refractivity contribution in [3.63, 3.8) is 0 Å².